The van der Waals surface area contributed by atoms with Crippen LogP contribution < -0.4 is 10.6 Å². The largest absolute Gasteiger partial charge is 0.481 e. The molecular weight excluding hydrogens is 628 g/mol. The number of halogens is 1. The number of carbonyl (C=O) groups excluding carboxylic acids is 1. The van der Waals surface area contributed by atoms with Crippen molar-refractivity contribution in [3.8, 4) is 11.1 Å². The molecule has 1 fully saturated rings. The van der Waals surface area contributed by atoms with Crippen molar-refractivity contribution in [2.75, 3.05) is 37.3 Å². The molecule has 2 aromatic carbocycles. The van der Waals surface area contributed by atoms with E-state index in [9.17, 15) is 14.7 Å². The number of likely N-dealkylation sites (N-methyl/N-ethyl adjacent to an activating group) is 1. The maximum Gasteiger partial charge on any atom is 0.307 e. The van der Waals surface area contributed by atoms with Gasteiger partial charge in [0.25, 0.3) is 5.91 Å². The number of aliphatic carboxylic acids is 1. The Kier molecular flexibility index (Phi) is 8.59. The molecule has 48 heavy (non-hydrogen) atoms. The van der Waals surface area contributed by atoms with Gasteiger partial charge >= 0.3 is 5.97 Å². The summed E-state index contributed by atoms with van der Waals surface area (Å²) in [6.07, 6.45) is 5.11. The Morgan fingerprint density at radius 1 is 1.04 bits per heavy atom. The number of anilines is 3. The predicted octanol–water partition coefficient (Wildman–Crippen LogP) is 5.88. The third-order valence-electron chi connectivity index (χ3n) is 9.46. The number of carboxylic acid groups (broad SMARTS) is 1. The fraction of sp³-hybridized carbons (Fsp3) is 0.306. The van der Waals surface area contributed by atoms with Crippen LogP contribution in [0.4, 0.5) is 17.2 Å². The second-order valence-corrected chi connectivity index (χ2v) is 13.1. The van der Waals surface area contributed by atoms with Gasteiger partial charge in [-0.2, -0.15) is 0 Å². The van der Waals surface area contributed by atoms with Crippen LogP contribution >= 0.6 is 11.6 Å². The summed E-state index contributed by atoms with van der Waals surface area (Å²) in [5.74, 6) is -0.354. The van der Waals surface area contributed by atoms with Gasteiger partial charge in [-0.05, 0) is 67.9 Å². The van der Waals surface area contributed by atoms with Crippen molar-refractivity contribution >= 4 is 51.6 Å². The molecule has 246 valence electrons. The van der Waals surface area contributed by atoms with E-state index in [0.717, 1.165) is 76.3 Å². The fourth-order valence-electron chi connectivity index (χ4n) is 6.79. The molecule has 1 amide bonds. The van der Waals surface area contributed by atoms with Crippen molar-refractivity contribution in [1.82, 2.24) is 29.3 Å². The van der Waals surface area contributed by atoms with E-state index in [1.165, 1.54) is 0 Å². The topological polar surface area (TPSA) is 129 Å². The van der Waals surface area contributed by atoms with Crippen LogP contribution in [0.5, 0.6) is 0 Å². The Bertz CT molecular complexity index is 2060. The number of amides is 1. The minimum Gasteiger partial charge on any atom is -0.481 e. The summed E-state index contributed by atoms with van der Waals surface area (Å²) in [4.78, 5) is 43.1. The lowest BCUT2D eigenvalue weighted by atomic mass is 9.98. The first-order valence-corrected chi connectivity index (χ1v) is 16.4. The van der Waals surface area contributed by atoms with Crippen LogP contribution in [0.2, 0.25) is 5.02 Å². The van der Waals surface area contributed by atoms with Crippen molar-refractivity contribution in [1.29, 1.82) is 0 Å². The van der Waals surface area contributed by atoms with Gasteiger partial charge in [0.15, 0.2) is 11.6 Å². The van der Waals surface area contributed by atoms with Crippen molar-refractivity contribution in [3.63, 3.8) is 0 Å². The molecule has 5 heterocycles. The van der Waals surface area contributed by atoms with E-state index in [1.54, 1.807) is 12.3 Å². The average molecular weight is 665 g/mol. The van der Waals surface area contributed by atoms with Gasteiger partial charge in [0.05, 0.1) is 22.3 Å². The minimum atomic E-state index is -0.733. The zero-order chi connectivity index (χ0) is 33.5. The number of aromatic nitrogens is 4. The lowest BCUT2D eigenvalue weighted by molar-refractivity contribution is -0.141. The molecule has 0 radical (unpaired) electrons. The van der Waals surface area contributed by atoms with Crippen LogP contribution in [-0.2, 0) is 31.4 Å². The Balaban J connectivity index is 1.11. The molecule has 0 spiro atoms. The smallest absolute Gasteiger partial charge is 0.307 e. The summed E-state index contributed by atoms with van der Waals surface area (Å²) in [5, 5.41) is 17.2. The van der Waals surface area contributed by atoms with E-state index in [1.807, 2.05) is 61.1 Å². The molecule has 3 N–H and O–H groups in total. The van der Waals surface area contributed by atoms with Crippen molar-refractivity contribution in [3.05, 3.63) is 94.3 Å². The highest BCUT2D eigenvalue weighted by Crippen LogP contribution is 2.38. The molecule has 11 nitrogen and oxygen atoms in total. The maximum atomic E-state index is 13.4. The van der Waals surface area contributed by atoms with Crippen LogP contribution in [0.1, 0.15) is 39.6 Å². The first-order chi connectivity index (χ1) is 23.2. The number of hydrogen-bond donors (Lipinski definition) is 3. The summed E-state index contributed by atoms with van der Waals surface area (Å²) in [6.45, 7) is 5.63. The van der Waals surface area contributed by atoms with Crippen LogP contribution in [0, 0.1) is 12.8 Å². The minimum absolute atomic E-state index is 0.302. The molecule has 0 aliphatic carbocycles. The molecule has 12 heteroatoms. The standard InChI is InChI=1S/C36H37ClN8O3/c1-21-25(26-7-5-9-28(31(26)37)42-35(46)34-41-29-20-43(2)14-12-30(29)44(34)3)6-4-8-27(21)40-33-32-23(10-13-38-33)16-22(17-39-32)18-45-15-11-24(19-45)36(47)48/h4-10,13,16-17,24H,11-12,14-15,18-20H2,1-3H3,(H,38,40)(H,42,46)(H,47,48)/t24-/m1/s1. The molecule has 0 unspecified atom stereocenters. The Labute approximate surface area is 283 Å². The average Bonchev–Trinajstić information content (AvgIpc) is 3.67. The second-order valence-electron chi connectivity index (χ2n) is 12.7. The number of likely N-dealkylation sites (tertiary alicyclic amines) is 1. The van der Waals surface area contributed by atoms with Crippen molar-refractivity contribution in [2.45, 2.75) is 32.9 Å². The number of hydrogen-bond acceptors (Lipinski definition) is 8. The number of rotatable bonds is 8. The van der Waals surface area contributed by atoms with Crippen molar-refractivity contribution < 1.29 is 14.7 Å². The Hall–Kier alpha value is -4.84. The quantitative estimate of drug-likeness (QED) is 0.186. The van der Waals surface area contributed by atoms with E-state index in [4.69, 9.17) is 16.6 Å². The van der Waals surface area contributed by atoms with E-state index in [0.29, 0.717) is 41.9 Å². The number of pyridine rings is 2. The number of imidazole rings is 1. The van der Waals surface area contributed by atoms with Gasteiger partial charge in [-0.1, -0.05) is 35.9 Å². The first-order valence-electron chi connectivity index (χ1n) is 16.0. The molecule has 0 bridgehead atoms. The molecule has 1 atom stereocenters. The van der Waals surface area contributed by atoms with Gasteiger partial charge in [-0.3, -0.25) is 19.5 Å². The summed E-state index contributed by atoms with van der Waals surface area (Å²) in [6, 6.07) is 15.6. The number of benzene rings is 2. The molecule has 1 saturated heterocycles. The van der Waals surface area contributed by atoms with Gasteiger partial charge in [0.2, 0.25) is 0 Å². The van der Waals surface area contributed by atoms with Crippen molar-refractivity contribution in [2.24, 2.45) is 13.0 Å². The Morgan fingerprint density at radius 2 is 1.83 bits per heavy atom. The van der Waals surface area contributed by atoms with Gasteiger partial charge in [0, 0.05) is 74.4 Å². The van der Waals surface area contributed by atoms with E-state index >= 15 is 0 Å². The molecule has 7 rings (SSSR count). The van der Waals surface area contributed by atoms with E-state index in [-0.39, 0.29) is 11.8 Å². The normalized spacial score (nSPS) is 16.6. The molecule has 5 aromatic rings. The van der Waals surface area contributed by atoms with Gasteiger partial charge < -0.3 is 25.2 Å². The zero-order valence-corrected chi connectivity index (χ0v) is 27.9. The van der Waals surface area contributed by atoms with Crippen LogP contribution in [0.3, 0.4) is 0 Å². The maximum absolute atomic E-state index is 13.4. The monoisotopic (exact) mass is 664 g/mol. The highest BCUT2D eigenvalue weighted by molar-refractivity contribution is 6.36. The number of carbonyl (C=O) groups is 2. The van der Waals surface area contributed by atoms with Crippen LogP contribution in [-0.4, -0.2) is 73.0 Å². The predicted molar refractivity (Wildman–Crippen MR) is 187 cm³/mol. The SMILES string of the molecule is Cc1c(Nc2nccc3cc(CN4CC[C@@H](C(=O)O)C4)cnc23)cccc1-c1cccc(NC(=O)c2nc3c(n2C)CCN(C)C3)c1Cl. The highest BCUT2D eigenvalue weighted by atomic mass is 35.5. The van der Waals surface area contributed by atoms with Gasteiger partial charge in [-0.15, -0.1) is 0 Å². The lowest BCUT2D eigenvalue weighted by Crippen LogP contribution is -2.27. The molecule has 3 aromatic heterocycles. The summed E-state index contributed by atoms with van der Waals surface area (Å²) in [7, 11) is 3.94. The highest BCUT2D eigenvalue weighted by Gasteiger charge is 2.28. The first kappa shape index (κ1) is 31.7. The molecule has 2 aliphatic heterocycles. The molecule has 0 saturated carbocycles. The number of nitrogens with zero attached hydrogens (tertiary/aromatic N) is 6. The van der Waals surface area contributed by atoms with Crippen LogP contribution in [0.15, 0.2) is 60.9 Å². The fourth-order valence-corrected chi connectivity index (χ4v) is 7.06. The number of carboxylic acids is 1. The molecular formula is C36H37ClN8O3. The lowest BCUT2D eigenvalue weighted by Gasteiger charge is -2.21. The molecule has 2 aliphatic rings. The summed E-state index contributed by atoms with van der Waals surface area (Å²) in [5.41, 5.74) is 7.82. The van der Waals surface area contributed by atoms with E-state index in [2.05, 4.69) is 43.5 Å². The summed E-state index contributed by atoms with van der Waals surface area (Å²) >= 11 is 6.97. The van der Waals surface area contributed by atoms with Gasteiger partial charge in [-0.25, -0.2) is 9.97 Å². The number of nitrogens with one attached hydrogen (secondary N) is 2. The number of fused-ring (bicyclic) bond motifs is 2. The third kappa shape index (κ3) is 6.12. The second kappa shape index (κ2) is 13.0. The zero-order valence-electron chi connectivity index (χ0n) is 27.1. The third-order valence-corrected chi connectivity index (χ3v) is 9.86. The Morgan fingerprint density at radius 3 is 2.62 bits per heavy atom. The summed E-state index contributed by atoms with van der Waals surface area (Å²) < 4.78 is 1.88. The van der Waals surface area contributed by atoms with E-state index < -0.39 is 5.97 Å². The van der Waals surface area contributed by atoms with Crippen LogP contribution in [0.25, 0.3) is 22.0 Å². The van der Waals surface area contributed by atoms with Gasteiger partial charge in [0.1, 0.15) is 5.52 Å².